The fourth-order valence-corrected chi connectivity index (χ4v) is 3.74. The molecule has 0 aliphatic rings. The molecule has 3 N–H and O–H groups in total. The number of anilines is 1. The molecule has 0 bridgehead atoms. The zero-order valence-electron chi connectivity index (χ0n) is 12.6. The van der Waals surface area contributed by atoms with E-state index in [4.69, 9.17) is 5.73 Å². The molecule has 114 valence electrons. The lowest BCUT2D eigenvalue weighted by molar-refractivity contribution is 0.521. The number of sulfone groups is 1. The highest BCUT2D eigenvalue weighted by Crippen LogP contribution is 2.24. The second kappa shape index (κ2) is 7.64. The van der Waals surface area contributed by atoms with Crippen LogP contribution in [0.4, 0.5) is 5.69 Å². The molecule has 1 aromatic rings. The topological polar surface area (TPSA) is 72.2 Å². The molecule has 1 rings (SSSR count). The Morgan fingerprint density at radius 3 is 2.45 bits per heavy atom. The number of hydrogen-bond acceptors (Lipinski definition) is 4. The van der Waals surface area contributed by atoms with Crippen molar-refractivity contribution in [1.29, 1.82) is 0 Å². The zero-order chi connectivity index (χ0) is 15.2. The van der Waals surface area contributed by atoms with Crippen LogP contribution in [0.1, 0.15) is 33.6 Å². The quantitative estimate of drug-likeness (QED) is 0.774. The smallest absolute Gasteiger partial charge is 0.180 e. The van der Waals surface area contributed by atoms with Crippen LogP contribution < -0.4 is 11.1 Å². The van der Waals surface area contributed by atoms with Crippen molar-refractivity contribution in [1.82, 2.24) is 0 Å². The van der Waals surface area contributed by atoms with E-state index in [9.17, 15) is 8.42 Å². The summed E-state index contributed by atoms with van der Waals surface area (Å²) in [6, 6.07) is 7.17. The van der Waals surface area contributed by atoms with Crippen molar-refractivity contribution in [2.24, 2.45) is 11.7 Å². The lowest BCUT2D eigenvalue weighted by atomic mass is 10.0. The highest BCUT2D eigenvalue weighted by molar-refractivity contribution is 7.91. The summed E-state index contributed by atoms with van der Waals surface area (Å²) >= 11 is 0. The van der Waals surface area contributed by atoms with Gasteiger partial charge in [0.1, 0.15) is 0 Å². The first-order valence-electron chi connectivity index (χ1n) is 7.19. The minimum atomic E-state index is -3.23. The Morgan fingerprint density at radius 2 is 1.90 bits per heavy atom. The van der Waals surface area contributed by atoms with Gasteiger partial charge in [-0.2, -0.15) is 0 Å². The maximum absolute atomic E-state index is 12.3. The normalized spacial score (nSPS) is 13.4. The SMILES string of the molecule is CCCS(=O)(=O)c1ccccc1NC(CN)CC(C)C. The van der Waals surface area contributed by atoms with E-state index >= 15 is 0 Å². The van der Waals surface area contributed by atoms with Gasteiger partial charge in [0.2, 0.25) is 0 Å². The molecule has 0 saturated carbocycles. The standard InChI is InChI=1S/C15H26N2O2S/c1-4-9-20(18,19)15-8-6-5-7-14(15)17-13(11-16)10-12(2)3/h5-8,12-13,17H,4,9-11,16H2,1-3H3. The predicted octanol–water partition coefficient (Wildman–Crippen LogP) is 2.66. The van der Waals surface area contributed by atoms with Gasteiger partial charge in [-0.1, -0.05) is 32.9 Å². The molecule has 0 aromatic heterocycles. The summed E-state index contributed by atoms with van der Waals surface area (Å²) in [5, 5.41) is 3.29. The second-order valence-electron chi connectivity index (χ2n) is 5.52. The molecule has 0 radical (unpaired) electrons. The van der Waals surface area contributed by atoms with Gasteiger partial charge in [-0.15, -0.1) is 0 Å². The van der Waals surface area contributed by atoms with Crippen molar-refractivity contribution in [3.8, 4) is 0 Å². The van der Waals surface area contributed by atoms with E-state index in [1.165, 1.54) is 0 Å². The van der Waals surface area contributed by atoms with Crippen LogP contribution in [0.25, 0.3) is 0 Å². The average Bonchev–Trinajstić information content (AvgIpc) is 2.37. The lowest BCUT2D eigenvalue weighted by Gasteiger charge is -2.21. The van der Waals surface area contributed by atoms with Crippen molar-refractivity contribution < 1.29 is 8.42 Å². The Hall–Kier alpha value is -1.07. The van der Waals surface area contributed by atoms with Crippen molar-refractivity contribution in [2.45, 2.75) is 44.6 Å². The molecule has 1 aromatic carbocycles. The monoisotopic (exact) mass is 298 g/mol. The third kappa shape index (κ3) is 4.80. The van der Waals surface area contributed by atoms with Gasteiger partial charge in [0.15, 0.2) is 9.84 Å². The third-order valence-corrected chi connectivity index (χ3v) is 5.07. The predicted molar refractivity (Wildman–Crippen MR) is 84.7 cm³/mol. The number of benzene rings is 1. The first-order chi connectivity index (χ1) is 9.40. The minimum absolute atomic E-state index is 0.0907. The summed E-state index contributed by atoms with van der Waals surface area (Å²) < 4.78 is 24.5. The van der Waals surface area contributed by atoms with Gasteiger partial charge in [0.05, 0.1) is 16.3 Å². The van der Waals surface area contributed by atoms with Gasteiger partial charge >= 0.3 is 0 Å². The molecular formula is C15H26N2O2S. The molecule has 0 saturated heterocycles. The van der Waals surface area contributed by atoms with Crippen LogP contribution >= 0.6 is 0 Å². The number of rotatable bonds is 8. The Kier molecular flexibility index (Phi) is 6.49. The molecule has 1 unspecified atom stereocenters. The Morgan fingerprint density at radius 1 is 1.25 bits per heavy atom. The minimum Gasteiger partial charge on any atom is -0.380 e. The molecule has 0 aliphatic heterocycles. The molecule has 20 heavy (non-hydrogen) atoms. The van der Waals surface area contributed by atoms with Gasteiger partial charge in [-0.3, -0.25) is 0 Å². The summed E-state index contributed by atoms with van der Waals surface area (Å²) in [4.78, 5) is 0.379. The maximum Gasteiger partial charge on any atom is 0.180 e. The van der Waals surface area contributed by atoms with Crippen LogP contribution in [-0.4, -0.2) is 26.8 Å². The molecule has 5 heteroatoms. The lowest BCUT2D eigenvalue weighted by Crippen LogP contribution is -2.31. The highest BCUT2D eigenvalue weighted by atomic mass is 32.2. The highest BCUT2D eigenvalue weighted by Gasteiger charge is 2.19. The average molecular weight is 298 g/mol. The van der Waals surface area contributed by atoms with E-state index in [1.54, 1.807) is 12.1 Å². The molecule has 4 nitrogen and oxygen atoms in total. The number of nitrogens with one attached hydrogen (secondary N) is 1. The van der Waals surface area contributed by atoms with Crippen molar-refractivity contribution >= 4 is 15.5 Å². The van der Waals surface area contributed by atoms with E-state index in [-0.39, 0.29) is 11.8 Å². The fraction of sp³-hybridized carbons (Fsp3) is 0.600. The molecule has 0 spiro atoms. The Labute approximate surface area is 122 Å². The summed E-state index contributed by atoms with van der Waals surface area (Å²) in [6.07, 6.45) is 1.53. The molecular weight excluding hydrogens is 272 g/mol. The maximum atomic E-state index is 12.3. The molecule has 0 amide bonds. The van der Waals surface area contributed by atoms with Gasteiger partial charge in [-0.25, -0.2) is 8.42 Å². The molecule has 0 heterocycles. The van der Waals surface area contributed by atoms with E-state index in [0.29, 0.717) is 29.5 Å². The van der Waals surface area contributed by atoms with E-state index < -0.39 is 9.84 Å². The van der Waals surface area contributed by atoms with Crippen molar-refractivity contribution in [3.05, 3.63) is 24.3 Å². The number of hydrogen-bond donors (Lipinski definition) is 2. The number of nitrogens with two attached hydrogens (primary N) is 1. The van der Waals surface area contributed by atoms with Gasteiger partial charge in [0, 0.05) is 12.6 Å². The van der Waals surface area contributed by atoms with Crippen LogP contribution in [0, 0.1) is 5.92 Å². The fourth-order valence-electron chi connectivity index (χ4n) is 2.24. The van der Waals surface area contributed by atoms with Gasteiger partial charge in [-0.05, 0) is 30.9 Å². The van der Waals surface area contributed by atoms with Gasteiger partial charge in [0.25, 0.3) is 0 Å². The van der Waals surface area contributed by atoms with Crippen LogP contribution in [0.3, 0.4) is 0 Å². The van der Waals surface area contributed by atoms with Crippen LogP contribution in [0.5, 0.6) is 0 Å². The zero-order valence-corrected chi connectivity index (χ0v) is 13.4. The summed E-state index contributed by atoms with van der Waals surface area (Å²) in [5.74, 6) is 0.679. The molecule has 0 aliphatic carbocycles. The van der Waals surface area contributed by atoms with Gasteiger partial charge < -0.3 is 11.1 Å². The van der Waals surface area contributed by atoms with Crippen molar-refractivity contribution in [3.63, 3.8) is 0 Å². The van der Waals surface area contributed by atoms with Crippen LogP contribution in [0.2, 0.25) is 0 Å². The summed E-state index contributed by atoms with van der Waals surface area (Å²) in [6.45, 7) is 6.61. The Balaban J connectivity index is 3.01. The van der Waals surface area contributed by atoms with E-state index in [2.05, 4.69) is 19.2 Å². The van der Waals surface area contributed by atoms with E-state index in [1.807, 2.05) is 19.1 Å². The molecule has 0 fully saturated rings. The molecule has 1 atom stereocenters. The first-order valence-corrected chi connectivity index (χ1v) is 8.84. The Bertz CT molecular complexity index is 512. The summed E-state index contributed by atoms with van der Waals surface area (Å²) in [7, 11) is -3.23. The van der Waals surface area contributed by atoms with Crippen molar-refractivity contribution in [2.75, 3.05) is 17.6 Å². The first kappa shape index (κ1) is 17.0. The third-order valence-electron chi connectivity index (χ3n) is 3.10. The number of para-hydroxylation sites is 1. The largest absolute Gasteiger partial charge is 0.380 e. The van der Waals surface area contributed by atoms with Crippen LogP contribution in [0.15, 0.2) is 29.2 Å². The van der Waals surface area contributed by atoms with E-state index in [0.717, 1.165) is 6.42 Å². The van der Waals surface area contributed by atoms with Crippen LogP contribution in [-0.2, 0) is 9.84 Å². The second-order valence-corrected chi connectivity index (χ2v) is 7.60. The summed E-state index contributed by atoms with van der Waals surface area (Å²) in [5.41, 5.74) is 6.44.